The topological polar surface area (TPSA) is 57.8 Å². The summed E-state index contributed by atoms with van der Waals surface area (Å²) < 4.78 is 0. The molecule has 1 aromatic heterocycles. The van der Waals surface area contributed by atoms with Crippen LogP contribution in [0.25, 0.3) is 0 Å². The van der Waals surface area contributed by atoms with Crippen LogP contribution in [0.1, 0.15) is 43.1 Å². The van der Waals surface area contributed by atoms with Gasteiger partial charge in [0.2, 0.25) is 5.91 Å². The number of hydrogen-bond donors (Lipinski definition) is 2. The molecular weight excluding hydrogens is 370 g/mol. The van der Waals surface area contributed by atoms with E-state index in [0.717, 1.165) is 31.5 Å². The number of benzene rings is 2. The predicted octanol–water partition coefficient (Wildman–Crippen LogP) is 4.80. The van der Waals surface area contributed by atoms with Crippen LogP contribution < -0.4 is 5.32 Å². The molecule has 2 aromatic carbocycles. The fraction of sp³-hybridized carbons (Fsp3) is 0.308. The van der Waals surface area contributed by atoms with Gasteiger partial charge in [-0.15, -0.1) is 0 Å². The summed E-state index contributed by atoms with van der Waals surface area (Å²) in [6, 6.07) is 21.4. The molecule has 4 nitrogen and oxygen atoms in total. The van der Waals surface area contributed by atoms with Crippen LogP contribution in [0.2, 0.25) is 0 Å². The molecule has 1 fully saturated rings. The van der Waals surface area contributed by atoms with Gasteiger partial charge in [0.15, 0.2) is 0 Å². The molecule has 0 radical (unpaired) electrons. The zero-order valence-electron chi connectivity index (χ0n) is 17.4. The molecule has 1 amide bonds. The monoisotopic (exact) mass is 399 g/mol. The van der Waals surface area contributed by atoms with E-state index in [4.69, 9.17) is 0 Å². The SMILES string of the molecule is C[C@@H](CCCc1ncc[nH]1)NC(=O)C=C[C@H]1CC1(c1ccccc1)c1ccccc1. The number of allylic oxidation sites excluding steroid dienone is 1. The van der Waals surface area contributed by atoms with Crippen molar-refractivity contribution >= 4 is 5.91 Å². The largest absolute Gasteiger partial charge is 0.350 e. The summed E-state index contributed by atoms with van der Waals surface area (Å²) in [5, 5.41) is 3.09. The van der Waals surface area contributed by atoms with Crippen molar-refractivity contribution in [3.8, 4) is 0 Å². The van der Waals surface area contributed by atoms with Gasteiger partial charge in [-0.05, 0) is 49.3 Å². The maximum absolute atomic E-state index is 12.4. The quantitative estimate of drug-likeness (QED) is 0.508. The lowest BCUT2D eigenvalue weighted by Gasteiger charge is -2.18. The van der Waals surface area contributed by atoms with E-state index in [1.807, 2.05) is 6.20 Å². The molecule has 30 heavy (non-hydrogen) atoms. The maximum Gasteiger partial charge on any atom is 0.243 e. The van der Waals surface area contributed by atoms with Gasteiger partial charge in [0, 0.05) is 30.3 Å². The van der Waals surface area contributed by atoms with Crippen LogP contribution in [-0.4, -0.2) is 21.9 Å². The molecule has 2 N–H and O–H groups in total. The van der Waals surface area contributed by atoms with Crippen molar-refractivity contribution in [3.05, 3.63) is 102 Å². The minimum absolute atomic E-state index is 0.0116. The number of hydrogen-bond acceptors (Lipinski definition) is 2. The molecule has 0 unspecified atom stereocenters. The van der Waals surface area contributed by atoms with E-state index >= 15 is 0 Å². The normalized spacial score (nSPS) is 18.2. The Morgan fingerprint density at radius 2 is 1.83 bits per heavy atom. The summed E-state index contributed by atoms with van der Waals surface area (Å²) in [6.07, 6.45) is 11.3. The highest BCUT2D eigenvalue weighted by atomic mass is 16.1. The highest BCUT2D eigenvalue weighted by molar-refractivity contribution is 5.87. The van der Waals surface area contributed by atoms with Crippen LogP contribution in [0.4, 0.5) is 0 Å². The van der Waals surface area contributed by atoms with Crippen LogP contribution in [0, 0.1) is 5.92 Å². The first-order valence-corrected chi connectivity index (χ1v) is 10.8. The van der Waals surface area contributed by atoms with E-state index in [1.165, 1.54) is 11.1 Å². The third-order valence-electron chi connectivity index (χ3n) is 6.07. The summed E-state index contributed by atoms with van der Waals surface area (Å²) in [7, 11) is 0. The number of nitrogens with zero attached hydrogens (tertiary/aromatic N) is 1. The first kappa shape index (κ1) is 20.1. The molecule has 0 aliphatic heterocycles. The Morgan fingerprint density at radius 3 is 2.43 bits per heavy atom. The molecule has 0 spiro atoms. The third-order valence-corrected chi connectivity index (χ3v) is 6.07. The molecule has 1 saturated carbocycles. The molecule has 154 valence electrons. The van der Waals surface area contributed by atoms with Crippen molar-refractivity contribution in [1.29, 1.82) is 0 Å². The number of aromatic amines is 1. The number of imidazole rings is 1. The summed E-state index contributed by atoms with van der Waals surface area (Å²) in [6.45, 7) is 2.06. The zero-order chi connectivity index (χ0) is 20.8. The maximum atomic E-state index is 12.4. The van der Waals surface area contributed by atoms with Gasteiger partial charge in [-0.3, -0.25) is 4.79 Å². The van der Waals surface area contributed by atoms with Gasteiger partial charge in [-0.1, -0.05) is 66.7 Å². The Balaban J connectivity index is 1.34. The number of aryl methyl sites for hydroxylation is 1. The average molecular weight is 400 g/mol. The number of rotatable bonds is 9. The molecule has 4 rings (SSSR count). The standard InChI is InChI=1S/C26H29N3O/c1-20(9-8-14-24-27-17-18-28-24)29-25(30)16-15-23-19-26(23,21-10-4-2-5-11-21)22-12-6-3-7-13-22/h2-7,10-13,15-18,20,23H,8-9,14,19H2,1H3,(H,27,28)(H,29,30)/t20-,23-/m0/s1. The first-order chi connectivity index (χ1) is 14.7. The highest BCUT2D eigenvalue weighted by Crippen LogP contribution is 2.59. The van der Waals surface area contributed by atoms with Crippen molar-refractivity contribution in [2.45, 2.75) is 44.1 Å². The lowest BCUT2D eigenvalue weighted by molar-refractivity contribution is -0.117. The van der Waals surface area contributed by atoms with Gasteiger partial charge in [-0.25, -0.2) is 4.98 Å². The Morgan fingerprint density at radius 1 is 1.17 bits per heavy atom. The molecule has 2 atom stereocenters. The fourth-order valence-electron chi connectivity index (χ4n) is 4.40. The number of carbonyl (C=O) groups is 1. The van der Waals surface area contributed by atoms with Crippen LogP contribution in [-0.2, 0) is 16.6 Å². The highest BCUT2D eigenvalue weighted by Gasteiger charge is 2.54. The van der Waals surface area contributed by atoms with Gasteiger partial charge in [0.25, 0.3) is 0 Å². The van der Waals surface area contributed by atoms with E-state index in [9.17, 15) is 4.79 Å². The third kappa shape index (κ3) is 4.54. The molecule has 1 aliphatic carbocycles. The van der Waals surface area contributed by atoms with Crippen molar-refractivity contribution in [3.63, 3.8) is 0 Å². The summed E-state index contributed by atoms with van der Waals surface area (Å²) >= 11 is 0. The minimum atomic E-state index is -0.0199. The van der Waals surface area contributed by atoms with Crippen LogP contribution in [0.5, 0.6) is 0 Å². The number of nitrogens with one attached hydrogen (secondary N) is 2. The average Bonchev–Trinajstić information content (AvgIpc) is 3.29. The molecule has 1 aliphatic rings. The summed E-state index contributed by atoms with van der Waals surface area (Å²) in [5.41, 5.74) is 2.61. The van der Waals surface area contributed by atoms with Gasteiger partial charge in [-0.2, -0.15) is 0 Å². The van der Waals surface area contributed by atoms with Crippen LogP contribution in [0.15, 0.2) is 85.2 Å². The zero-order valence-corrected chi connectivity index (χ0v) is 17.4. The number of H-pyrrole nitrogens is 1. The number of amides is 1. The second-order valence-corrected chi connectivity index (χ2v) is 8.21. The Labute approximate surface area is 178 Å². The smallest absolute Gasteiger partial charge is 0.243 e. The van der Waals surface area contributed by atoms with Crippen molar-refractivity contribution < 1.29 is 4.79 Å². The summed E-state index contributed by atoms with van der Waals surface area (Å²) in [5.74, 6) is 1.32. The van der Waals surface area contributed by atoms with Gasteiger partial charge >= 0.3 is 0 Å². The molecule has 0 bridgehead atoms. The molecule has 1 heterocycles. The van der Waals surface area contributed by atoms with E-state index in [0.29, 0.717) is 5.92 Å². The molecule has 0 saturated heterocycles. The Hall–Kier alpha value is -3.14. The van der Waals surface area contributed by atoms with E-state index in [-0.39, 0.29) is 17.4 Å². The first-order valence-electron chi connectivity index (χ1n) is 10.8. The Bertz CT molecular complexity index is 925. The van der Waals surface area contributed by atoms with Gasteiger partial charge in [0.05, 0.1) is 0 Å². The van der Waals surface area contributed by atoms with Crippen LogP contribution in [0.3, 0.4) is 0 Å². The van der Waals surface area contributed by atoms with Crippen molar-refractivity contribution in [2.75, 3.05) is 0 Å². The number of aromatic nitrogens is 2. The minimum Gasteiger partial charge on any atom is -0.350 e. The molecular formula is C26H29N3O. The van der Waals surface area contributed by atoms with E-state index < -0.39 is 0 Å². The molecule has 4 heteroatoms. The van der Waals surface area contributed by atoms with Crippen LogP contribution >= 0.6 is 0 Å². The number of carbonyl (C=O) groups excluding carboxylic acids is 1. The lowest BCUT2D eigenvalue weighted by atomic mass is 9.85. The second-order valence-electron chi connectivity index (χ2n) is 8.21. The van der Waals surface area contributed by atoms with E-state index in [1.54, 1.807) is 12.3 Å². The Kier molecular flexibility index (Phi) is 6.12. The predicted molar refractivity (Wildman–Crippen MR) is 120 cm³/mol. The summed E-state index contributed by atoms with van der Waals surface area (Å²) in [4.78, 5) is 19.8. The van der Waals surface area contributed by atoms with Crippen molar-refractivity contribution in [1.82, 2.24) is 15.3 Å². The second kappa shape index (κ2) is 9.12. The molecule has 3 aromatic rings. The van der Waals surface area contributed by atoms with Gasteiger partial charge < -0.3 is 10.3 Å². The fourth-order valence-corrected chi connectivity index (χ4v) is 4.40. The lowest BCUT2D eigenvalue weighted by Crippen LogP contribution is -2.31. The van der Waals surface area contributed by atoms with Gasteiger partial charge in [0.1, 0.15) is 5.82 Å². The van der Waals surface area contributed by atoms with Crippen molar-refractivity contribution in [2.24, 2.45) is 5.92 Å². The van der Waals surface area contributed by atoms with E-state index in [2.05, 4.69) is 88.9 Å².